The summed E-state index contributed by atoms with van der Waals surface area (Å²) in [4.78, 5) is 20.3. The zero-order valence-corrected chi connectivity index (χ0v) is 18.5. The Balaban J connectivity index is 0.000000197. The molecule has 3 rings (SSSR count). The number of benzene rings is 1. The summed E-state index contributed by atoms with van der Waals surface area (Å²) in [5.74, 6) is 0.00778. The summed E-state index contributed by atoms with van der Waals surface area (Å²) in [6.07, 6.45) is 3.54. The number of hydrogen-bond acceptors (Lipinski definition) is 2. The number of hydrogen-bond donors (Lipinski definition) is 2. The average Bonchev–Trinajstić information content (AvgIpc) is 2.47. The zero-order chi connectivity index (χ0) is 20.0. The van der Waals surface area contributed by atoms with Gasteiger partial charge < -0.3 is 10.2 Å². The van der Waals surface area contributed by atoms with Gasteiger partial charge >= 0.3 is 11.9 Å². The molecule has 146 valence electrons. The first-order valence-electron chi connectivity index (χ1n) is 9.20. The Morgan fingerprint density at radius 3 is 1.35 bits per heavy atom. The van der Waals surface area contributed by atoms with Gasteiger partial charge in [-0.1, -0.05) is 31.5 Å². The van der Waals surface area contributed by atoms with E-state index in [1.54, 1.807) is 0 Å². The molecule has 26 heavy (non-hydrogen) atoms. The lowest BCUT2D eigenvalue weighted by Crippen LogP contribution is -2.28. The molecule has 0 saturated heterocycles. The average molecular weight is 474 g/mol. The summed E-state index contributed by atoms with van der Waals surface area (Å²) in [7, 11) is 0. The topological polar surface area (TPSA) is 74.6 Å². The fourth-order valence-corrected chi connectivity index (χ4v) is 3.68. The van der Waals surface area contributed by atoms with E-state index in [-0.39, 0.29) is 11.8 Å². The third kappa shape index (κ3) is 7.25. The van der Waals surface area contributed by atoms with Crippen molar-refractivity contribution in [3.8, 4) is 0 Å². The van der Waals surface area contributed by atoms with E-state index in [1.807, 2.05) is 0 Å². The van der Waals surface area contributed by atoms with Crippen LogP contribution >= 0.6 is 22.6 Å². The summed E-state index contributed by atoms with van der Waals surface area (Å²) in [6, 6.07) is 4.43. The Hall–Kier alpha value is -1.11. The van der Waals surface area contributed by atoms with Gasteiger partial charge in [0.1, 0.15) is 0 Å². The normalized spacial score (nSPS) is 26.1. The number of aryl methyl sites for hydroxylation is 3. The molecule has 0 aliphatic heterocycles. The maximum Gasteiger partial charge on any atom is 0.306 e. The molecule has 0 aromatic heterocycles. The van der Waals surface area contributed by atoms with Crippen molar-refractivity contribution in [3.05, 3.63) is 32.4 Å². The molecule has 0 amide bonds. The number of carboxylic acids is 2. The highest BCUT2D eigenvalue weighted by Crippen LogP contribution is 2.33. The van der Waals surface area contributed by atoms with Crippen molar-refractivity contribution in [2.75, 3.05) is 0 Å². The number of aliphatic carboxylic acids is 2. The van der Waals surface area contributed by atoms with Crippen molar-refractivity contribution in [2.24, 2.45) is 23.7 Å². The van der Waals surface area contributed by atoms with Gasteiger partial charge in [0, 0.05) is 3.57 Å². The van der Waals surface area contributed by atoms with E-state index in [1.165, 1.54) is 20.3 Å². The van der Waals surface area contributed by atoms with E-state index in [2.05, 4.69) is 69.3 Å². The lowest BCUT2D eigenvalue weighted by molar-refractivity contribution is -0.147. The van der Waals surface area contributed by atoms with E-state index in [9.17, 15) is 9.59 Å². The van der Waals surface area contributed by atoms with E-state index in [4.69, 9.17) is 10.2 Å². The molecule has 2 aliphatic rings. The minimum absolute atomic E-state index is 0.0231. The lowest BCUT2D eigenvalue weighted by atomic mass is 9.76. The smallest absolute Gasteiger partial charge is 0.306 e. The van der Waals surface area contributed by atoms with Crippen LogP contribution in [0.4, 0.5) is 0 Å². The third-order valence-electron chi connectivity index (χ3n) is 5.03. The summed E-state index contributed by atoms with van der Waals surface area (Å²) < 4.78 is 1.39. The van der Waals surface area contributed by atoms with Crippen LogP contribution in [0, 0.1) is 48.0 Å². The molecule has 2 N–H and O–H groups in total. The molecule has 2 saturated carbocycles. The second kappa shape index (κ2) is 10.3. The first-order chi connectivity index (χ1) is 12.0. The van der Waals surface area contributed by atoms with Crippen LogP contribution in [0.25, 0.3) is 0 Å². The molecular formula is C21H31IO4. The van der Waals surface area contributed by atoms with E-state index >= 15 is 0 Å². The molecular weight excluding hydrogens is 443 g/mol. The Morgan fingerprint density at radius 1 is 0.846 bits per heavy atom. The van der Waals surface area contributed by atoms with Crippen molar-refractivity contribution in [1.82, 2.24) is 0 Å². The number of carbonyl (C=O) groups is 2. The molecule has 1 aromatic carbocycles. The van der Waals surface area contributed by atoms with Gasteiger partial charge in [-0.25, -0.2) is 0 Å². The van der Waals surface area contributed by atoms with E-state index in [0.29, 0.717) is 11.8 Å². The molecule has 0 radical (unpaired) electrons. The molecule has 1 aromatic rings. The predicted octanol–water partition coefficient (Wildman–Crippen LogP) is 5.45. The van der Waals surface area contributed by atoms with Crippen molar-refractivity contribution < 1.29 is 19.8 Å². The largest absolute Gasteiger partial charge is 0.481 e. The van der Waals surface area contributed by atoms with Crippen molar-refractivity contribution in [3.63, 3.8) is 0 Å². The van der Waals surface area contributed by atoms with Crippen molar-refractivity contribution in [2.45, 2.75) is 60.3 Å². The highest BCUT2D eigenvalue weighted by atomic mass is 127. The van der Waals surface area contributed by atoms with Crippen LogP contribution in [0.1, 0.15) is 56.2 Å². The molecule has 2 fully saturated rings. The number of carboxylic acid groups (broad SMARTS) is 2. The number of halogens is 1. The van der Waals surface area contributed by atoms with Crippen LogP contribution in [-0.4, -0.2) is 22.2 Å². The fourth-order valence-electron chi connectivity index (χ4n) is 3.37. The Kier molecular flexibility index (Phi) is 9.07. The van der Waals surface area contributed by atoms with Crippen LogP contribution in [-0.2, 0) is 9.59 Å². The molecule has 2 aliphatic carbocycles. The minimum atomic E-state index is -0.622. The maximum absolute atomic E-state index is 10.1. The summed E-state index contributed by atoms with van der Waals surface area (Å²) in [6.45, 7) is 10.6. The Labute approximate surface area is 170 Å². The third-order valence-corrected chi connectivity index (χ3v) is 6.73. The number of rotatable bonds is 2. The molecule has 5 heteroatoms. The molecule has 4 nitrogen and oxygen atoms in total. The van der Waals surface area contributed by atoms with Crippen LogP contribution < -0.4 is 0 Å². The Morgan fingerprint density at radius 2 is 1.15 bits per heavy atom. The highest BCUT2D eigenvalue weighted by molar-refractivity contribution is 14.1. The molecule has 0 heterocycles. The van der Waals surface area contributed by atoms with Gasteiger partial charge in [0.2, 0.25) is 0 Å². The van der Waals surface area contributed by atoms with E-state index < -0.39 is 11.9 Å². The van der Waals surface area contributed by atoms with Gasteiger partial charge in [-0.05, 0) is 92.0 Å². The first-order valence-corrected chi connectivity index (χ1v) is 10.3. The van der Waals surface area contributed by atoms with Crippen LogP contribution in [0.2, 0.25) is 0 Å². The van der Waals surface area contributed by atoms with Crippen molar-refractivity contribution in [1.29, 1.82) is 0 Å². The maximum atomic E-state index is 10.1. The minimum Gasteiger partial charge on any atom is -0.481 e. The molecule has 0 atom stereocenters. The van der Waals surface area contributed by atoms with Gasteiger partial charge in [0.25, 0.3) is 0 Å². The Bertz CT molecular complexity index is 578. The van der Waals surface area contributed by atoms with Gasteiger partial charge in [-0.15, -0.1) is 0 Å². The van der Waals surface area contributed by atoms with Crippen LogP contribution in [0.3, 0.4) is 0 Å². The second-order valence-corrected chi connectivity index (χ2v) is 9.01. The quantitative estimate of drug-likeness (QED) is 0.559. The van der Waals surface area contributed by atoms with Crippen molar-refractivity contribution >= 4 is 34.5 Å². The standard InChI is InChI=1S/C9H11I.2C6H10O2/c1-6-4-7(2)9(10)8(3)5-6;2*1-4-2-5(3-4)6(7)8/h4-5H,1-3H3;2*4-5H,2-3H2,1H3,(H,7,8). The van der Waals surface area contributed by atoms with Gasteiger partial charge in [0.15, 0.2) is 0 Å². The fraction of sp³-hybridized carbons (Fsp3) is 0.619. The summed E-state index contributed by atoms with van der Waals surface area (Å²) in [5.41, 5.74) is 4.13. The lowest BCUT2D eigenvalue weighted by Gasteiger charge is -2.28. The molecule has 0 unspecified atom stereocenters. The van der Waals surface area contributed by atoms with E-state index in [0.717, 1.165) is 25.7 Å². The SMILES string of the molecule is CC1CC(C(=O)O)C1.CC1CC(C(=O)O)C1.Cc1cc(C)c(I)c(C)c1. The van der Waals surface area contributed by atoms with Crippen LogP contribution in [0.5, 0.6) is 0 Å². The summed E-state index contributed by atoms with van der Waals surface area (Å²) in [5, 5.41) is 16.7. The molecule has 0 spiro atoms. The highest BCUT2D eigenvalue weighted by Gasteiger charge is 2.31. The van der Waals surface area contributed by atoms with Gasteiger partial charge in [-0.2, -0.15) is 0 Å². The molecule has 0 bridgehead atoms. The monoisotopic (exact) mass is 474 g/mol. The zero-order valence-electron chi connectivity index (χ0n) is 16.4. The van der Waals surface area contributed by atoms with Crippen LogP contribution in [0.15, 0.2) is 12.1 Å². The van der Waals surface area contributed by atoms with Gasteiger partial charge in [-0.3, -0.25) is 9.59 Å². The second-order valence-electron chi connectivity index (χ2n) is 7.94. The first kappa shape index (κ1) is 22.9. The van der Waals surface area contributed by atoms with Gasteiger partial charge in [0.05, 0.1) is 11.8 Å². The predicted molar refractivity (Wildman–Crippen MR) is 112 cm³/mol. The summed E-state index contributed by atoms with van der Waals surface area (Å²) >= 11 is 2.39.